The third-order valence-corrected chi connectivity index (χ3v) is 9.22. The molecule has 1 aliphatic rings. The first-order chi connectivity index (χ1) is 18.6. The lowest BCUT2D eigenvalue weighted by molar-refractivity contribution is 0.0887. The summed E-state index contributed by atoms with van der Waals surface area (Å²) in [6, 6.07) is 8.98. The van der Waals surface area contributed by atoms with E-state index in [1.165, 1.54) is 0 Å². The molecular weight excluding hydrogens is 530 g/mol. The summed E-state index contributed by atoms with van der Waals surface area (Å²) in [5.41, 5.74) is 3.65. The van der Waals surface area contributed by atoms with Gasteiger partial charge in [0.1, 0.15) is 23.6 Å². The molecule has 1 amide bonds. The van der Waals surface area contributed by atoms with Gasteiger partial charge in [-0.25, -0.2) is 9.97 Å². The fourth-order valence-corrected chi connectivity index (χ4v) is 6.02. The molecule has 0 aliphatic heterocycles. The molecule has 0 spiro atoms. The minimum Gasteiger partial charge on any atom is -0.361 e. The van der Waals surface area contributed by atoms with Crippen molar-refractivity contribution in [3.63, 3.8) is 0 Å². The number of aromatic nitrogens is 5. The lowest BCUT2D eigenvalue weighted by Gasteiger charge is -2.25. The average molecular weight is 564 g/mol. The van der Waals surface area contributed by atoms with Gasteiger partial charge in [-0.2, -0.15) is 10.4 Å². The highest BCUT2D eigenvalue weighted by Gasteiger charge is 2.26. The van der Waals surface area contributed by atoms with Crippen LogP contribution in [0.25, 0.3) is 33.5 Å². The summed E-state index contributed by atoms with van der Waals surface area (Å²) in [5, 5.41) is 18.7. The number of carbonyl (C=O) groups excluding carboxylic acids is 1. The van der Waals surface area contributed by atoms with Crippen molar-refractivity contribution in [3.8, 4) is 17.5 Å². The number of fused-ring (bicyclic) bond motifs is 2. The Morgan fingerprint density at radius 1 is 1.31 bits per heavy atom. The third-order valence-electron chi connectivity index (χ3n) is 7.28. The number of nitrogens with one attached hydrogen (secondary N) is 1. The molecule has 0 bridgehead atoms. The molecule has 3 aromatic heterocycles. The molecule has 204 valence electrons. The summed E-state index contributed by atoms with van der Waals surface area (Å²) in [6.07, 6.45) is 6.81. The van der Waals surface area contributed by atoms with Crippen LogP contribution in [0.1, 0.15) is 36.0 Å². The zero-order valence-corrected chi connectivity index (χ0v) is 24.6. The number of aryl methyl sites for hydroxylation is 1. The number of hydrogen-bond donors (Lipinski definition) is 1. The molecule has 4 aromatic rings. The number of hydrogen-bond acceptors (Lipinski definition) is 6. The van der Waals surface area contributed by atoms with Gasteiger partial charge in [0.25, 0.3) is 5.91 Å². The molecule has 39 heavy (non-hydrogen) atoms. The molecule has 5 rings (SSSR count). The molecule has 3 heterocycles. The van der Waals surface area contributed by atoms with Gasteiger partial charge in [-0.05, 0) is 43.5 Å². The van der Waals surface area contributed by atoms with Crippen molar-refractivity contribution in [2.75, 3.05) is 6.61 Å². The Morgan fingerprint density at radius 2 is 2.13 bits per heavy atom. The number of rotatable bonds is 8. The van der Waals surface area contributed by atoms with Crippen LogP contribution in [-0.2, 0) is 18.5 Å². The van der Waals surface area contributed by atoms with E-state index in [4.69, 9.17) is 26.3 Å². The van der Waals surface area contributed by atoms with Crippen molar-refractivity contribution in [2.24, 2.45) is 13.0 Å². The molecule has 0 saturated heterocycles. The first-order valence-corrected chi connectivity index (χ1v) is 17.5. The zero-order chi connectivity index (χ0) is 27.7. The van der Waals surface area contributed by atoms with Crippen LogP contribution < -0.4 is 5.32 Å². The summed E-state index contributed by atoms with van der Waals surface area (Å²) in [4.78, 5) is 23.2. The van der Waals surface area contributed by atoms with Crippen LogP contribution in [0.4, 0.5) is 0 Å². The smallest absolute Gasteiger partial charge is 0.255 e. The normalized spacial score (nSPS) is 17.9. The van der Waals surface area contributed by atoms with Gasteiger partial charge in [-0.1, -0.05) is 37.7 Å². The Morgan fingerprint density at radius 3 is 2.90 bits per heavy atom. The number of nitriles is 1. The SMILES string of the molecule is Cn1nc(-c2cnc3c(n2)c(C(=O)N[C@H]2CCCC(C#N)C2)cn3COCC[Si](C)(C)C)c2ccc(Cl)cc21. The van der Waals surface area contributed by atoms with Crippen molar-refractivity contribution in [1.82, 2.24) is 29.6 Å². The van der Waals surface area contributed by atoms with E-state index in [0.717, 1.165) is 36.2 Å². The number of nitrogens with zero attached hydrogens (tertiary/aromatic N) is 6. The minimum absolute atomic E-state index is 0.0255. The van der Waals surface area contributed by atoms with E-state index in [9.17, 15) is 10.1 Å². The second kappa shape index (κ2) is 11.1. The zero-order valence-electron chi connectivity index (χ0n) is 22.9. The molecule has 11 heteroatoms. The van der Waals surface area contributed by atoms with Crippen LogP contribution in [0.2, 0.25) is 30.7 Å². The van der Waals surface area contributed by atoms with E-state index in [2.05, 4.69) is 36.1 Å². The van der Waals surface area contributed by atoms with Gasteiger partial charge in [-0.15, -0.1) is 0 Å². The molecule has 1 unspecified atom stereocenters. The van der Waals surface area contributed by atoms with Crippen LogP contribution >= 0.6 is 11.6 Å². The minimum atomic E-state index is -1.23. The Balaban J connectivity index is 1.50. The van der Waals surface area contributed by atoms with Crippen LogP contribution in [0.3, 0.4) is 0 Å². The predicted octanol–water partition coefficient (Wildman–Crippen LogP) is 5.76. The van der Waals surface area contributed by atoms with Gasteiger partial charge in [0, 0.05) is 50.3 Å². The number of ether oxygens (including phenoxy) is 1. The van der Waals surface area contributed by atoms with Gasteiger partial charge < -0.3 is 14.6 Å². The second-order valence-electron chi connectivity index (χ2n) is 11.6. The number of halogens is 1. The fourth-order valence-electron chi connectivity index (χ4n) is 5.09. The van der Waals surface area contributed by atoms with Crippen LogP contribution in [0.15, 0.2) is 30.6 Å². The van der Waals surface area contributed by atoms with Crippen LogP contribution in [0, 0.1) is 17.2 Å². The van der Waals surface area contributed by atoms with Crippen molar-refractivity contribution >= 4 is 47.6 Å². The van der Waals surface area contributed by atoms with Gasteiger partial charge in [0.15, 0.2) is 5.65 Å². The maximum Gasteiger partial charge on any atom is 0.255 e. The molecule has 1 fully saturated rings. The molecule has 1 aromatic carbocycles. The summed E-state index contributed by atoms with van der Waals surface area (Å²) < 4.78 is 9.61. The lowest BCUT2D eigenvalue weighted by Crippen LogP contribution is -2.38. The third kappa shape index (κ3) is 6.00. The van der Waals surface area contributed by atoms with Crippen molar-refractivity contribution in [1.29, 1.82) is 5.26 Å². The number of carbonyl (C=O) groups is 1. The van der Waals surface area contributed by atoms with E-state index >= 15 is 0 Å². The molecular formula is C28H34ClN7O2Si. The number of benzene rings is 1. The largest absolute Gasteiger partial charge is 0.361 e. The van der Waals surface area contributed by atoms with Crippen molar-refractivity contribution in [3.05, 3.63) is 41.2 Å². The molecule has 2 atom stereocenters. The Hall–Kier alpha value is -3.26. The highest BCUT2D eigenvalue weighted by molar-refractivity contribution is 6.76. The summed E-state index contributed by atoms with van der Waals surface area (Å²) in [7, 11) is 0.630. The monoisotopic (exact) mass is 563 g/mol. The Labute approximate surface area is 234 Å². The van der Waals surface area contributed by atoms with E-state index < -0.39 is 8.07 Å². The fraction of sp³-hybridized carbons (Fsp3) is 0.464. The summed E-state index contributed by atoms with van der Waals surface area (Å²) in [5.74, 6) is -0.240. The molecule has 1 aliphatic carbocycles. The highest BCUT2D eigenvalue weighted by atomic mass is 35.5. The summed E-state index contributed by atoms with van der Waals surface area (Å²) in [6.45, 7) is 7.88. The van der Waals surface area contributed by atoms with E-state index in [0.29, 0.717) is 46.2 Å². The predicted molar refractivity (Wildman–Crippen MR) is 155 cm³/mol. The molecule has 0 radical (unpaired) electrons. The molecule has 1 saturated carbocycles. The maximum atomic E-state index is 13.6. The highest BCUT2D eigenvalue weighted by Crippen LogP contribution is 2.30. The molecule has 1 N–H and O–H groups in total. The van der Waals surface area contributed by atoms with E-state index in [-0.39, 0.29) is 24.6 Å². The lowest BCUT2D eigenvalue weighted by atomic mass is 9.86. The van der Waals surface area contributed by atoms with Crippen LogP contribution in [0.5, 0.6) is 0 Å². The number of amides is 1. The first-order valence-electron chi connectivity index (χ1n) is 13.4. The van der Waals surface area contributed by atoms with Crippen LogP contribution in [-0.4, -0.2) is 50.9 Å². The second-order valence-corrected chi connectivity index (χ2v) is 17.6. The maximum absolute atomic E-state index is 13.6. The van der Waals surface area contributed by atoms with Gasteiger partial charge in [-0.3, -0.25) is 9.48 Å². The van der Waals surface area contributed by atoms with Crippen molar-refractivity contribution in [2.45, 2.75) is 64.1 Å². The van der Waals surface area contributed by atoms with Gasteiger partial charge in [0.2, 0.25) is 0 Å². The standard InChI is InChI=1S/C28H34ClN7O2Si/c1-35-24-13-19(29)8-9-21(24)25(34-35)23-15-31-27-26(33-23)22(16-36(27)17-38-10-11-39(2,3)4)28(37)32-20-7-5-6-18(12-20)14-30/h8-9,13,15-16,18,20H,5-7,10-12,17H2,1-4H3,(H,32,37)/t18?,20-/m0/s1. The first kappa shape index (κ1) is 27.3. The molecule has 9 nitrogen and oxygen atoms in total. The van der Waals surface area contributed by atoms with E-state index in [1.54, 1.807) is 17.1 Å². The quantitative estimate of drug-likeness (QED) is 0.215. The van der Waals surface area contributed by atoms with Crippen molar-refractivity contribution < 1.29 is 9.53 Å². The van der Waals surface area contributed by atoms with Gasteiger partial charge in [0.05, 0.1) is 23.3 Å². The summed E-state index contributed by atoms with van der Waals surface area (Å²) >= 11 is 6.21. The Kier molecular flexibility index (Phi) is 7.76. The van der Waals surface area contributed by atoms with E-state index in [1.807, 2.05) is 29.8 Å². The van der Waals surface area contributed by atoms with Gasteiger partial charge >= 0.3 is 0 Å². The topological polar surface area (TPSA) is 111 Å². The average Bonchev–Trinajstić information content (AvgIpc) is 3.43. The Bertz CT molecular complexity index is 1570.